The number of H-pyrrole nitrogens is 1. The van der Waals surface area contributed by atoms with E-state index in [1.807, 2.05) is 31.2 Å². The molecule has 1 aliphatic heterocycles. The fraction of sp³-hybridized carbons (Fsp3) is 0.353. The van der Waals surface area contributed by atoms with Crippen molar-refractivity contribution in [3.8, 4) is 17.1 Å². The predicted molar refractivity (Wildman–Crippen MR) is 97.5 cm³/mol. The fourth-order valence-corrected chi connectivity index (χ4v) is 3.65. The molecular weight excluding hydrogens is 377 g/mol. The average molecular weight is 394 g/mol. The van der Waals surface area contributed by atoms with Gasteiger partial charge in [0.2, 0.25) is 0 Å². The first-order valence-electron chi connectivity index (χ1n) is 8.42. The van der Waals surface area contributed by atoms with Crippen LogP contribution in [0.15, 0.2) is 30.5 Å². The lowest BCUT2D eigenvalue weighted by Gasteiger charge is -2.32. The summed E-state index contributed by atoms with van der Waals surface area (Å²) in [6.45, 7) is 3.65. The van der Waals surface area contributed by atoms with Crippen LogP contribution in [-0.4, -0.2) is 36.8 Å². The minimum Gasteiger partial charge on any atom is -0.367 e. The van der Waals surface area contributed by atoms with Gasteiger partial charge in [0.1, 0.15) is 5.82 Å². The molecule has 0 aliphatic carbocycles. The van der Waals surface area contributed by atoms with E-state index in [0.717, 1.165) is 15.9 Å². The average Bonchev–Trinajstić information content (AvgIpc) is 3.17. The number of fused-ring (bicyclic) bond motifs is 1. The molecule has 27 heavy (non-hydrogen) atoms. The molecule has 6 nitrogen and oxygen atoms in total. The summed E-state index contributed by atoms with van der Waals surface area (Å²) in [6, 6.07) is 5.56. The van der Waals surface area contributed by atoms with E-state index in [1.165, 1.54) is 6.20 Å². The van der Waals surface area contributed by atoms with Crippen LogP contribution in [0.2, 0.25) is 0 Å². The maximum absolute atomic E-state index is 13.5. The van der Waals surface area contributed by atoms with E-state index in [0.29, 0.717) is 22.0 Å². The number of halogens is 3. The van der Waals surface area contributed by atoms with Gasteiger partial charge in [-0.25, -0.2) is 4.68 Å². The van der Waals surface area contributed by atoms with Crippen LogP contribution in [0.5, 0.6) is 0 Å². The number of alkyl halides is 3. The van der Waals surface area contributed by atoms with Gasteiger partial charge in [-0.05, 0) is 44.1 Å². The van der Waals surface area contributed by atoms with Gasteiger partial charge < -0.3 is 5.32 Å². The molecule has 4 rings (SSSR count). The molecule has 0 saturated heterocycles. The highest BCUT2D eigenvalue weighted by molar-refractivity contribution is 7.71. The van der Waals surface area contributed by atoms with Gasteiger partial charge in [-0.3, -0.25) is 9.67 Å². The van der Waals surface area contributed by atoms with Crippen molar-refractivity contribution < 1.29 is 13.2 Å². The van der Waals surface area contributed by atoms with Crippen molar-refractivity contribution >= 4 is 18.0 Å². The van der Waals surface area contributed by atoms with E-state index < -0.39 is 12.2 Å². The van der Waals surface area contributed by atoms with Gasteiger partial charge in [0, 0.05) is 6.04 Å². The van der Waals surface area contributed by atoms with Gasteiger partial charge in [-0.2, -0.15) is 23.4 Å². The summed E-state index contributed by atoms with van der Waals surface area (Å²) in [5.74, 6) is 0.706. The SMILES string of the molecule is Cc1ccccc1-n1c(-c2cnn3c2N[C@H](C)C[C@@H]3C(F)(F)F)n[nH]c1=S. The van der Waals surface area contributed by atoms with Gasteiger partial charge in [0.15, 0.2) is 16.6 Å². The lowest BCUT2D eigenvalue weighted by Crippen LogP contribution is -2.38. The van der Waals surface area contributed by atoms with Crippen LogP contribution in [0.3, 0.4) is 0 Å². The predicted octanol–water partition coefficient (Wildman–Crippen LogP) is 4.41. The molecule has 2 atom stereocenters. The molecule has 0 saturated carbocycles. The minimum atomic E-state index is -4.38. The molecule has 0 amide bonds. The van der Waals surface area contributed by atoms with E-state index in [9.17, 15) is 13.2 Å². The van der Waals surface area contributed by atoms with Gasteiger partial charge in [0.05, 0.1) is 17.4 Å². The highest BCUT2D eigenvalue weighted by atomic mass is 32.1. The summed E-state index contributed by atoms with van der Waals surface area (Å²) in [5.41, 5.74) is 2.24. The largest absolute Gasteiger partial charge is 0.410 e. The van der Waals surface area contributed by atoms with Crippen molar-refractivity contribution in [3.63, 3.8) is 0 Å². The molecule has 2 N–H and O–H groups in total. The second-order valence-corrected chi connectivity index (χ2v) is 7.05. The van der Waals surface area contributed by atoms with E-state index in [4.69, 9.17) is 12.2 Å². The molecule has 0 unspecified atom stereocenters. The molecule has 0 bridgehead atoms. The number of para-hydroxylation sites is 1. The lowest BCUT2D eigenvalue weighted by molar-refractivity contribution is -0.173. The minimum absolute atomic E-state index is 0.0811. The van der Waals surface area contributed by atoms with Crippen LogP contribution in [0.4, 0.5) is 19.0 Å². The Morgan fingerprint density at radius 1 is 1.26 bits per heavy atom. The van der Waals surface area contributed by atoms with Crippen molar-refractivity contribution in [2.45, 2.75) is 38.5 Å². The second kappa shape index (κ2) is 6.22. The molecule has 0 radical (unpaired) electrons. The van der Waals surface area contributed by atoms with Gasteiger partial charge in [0.25, 0.3) is 0 Å². The number of aromatic nitrogens is 5. The number of nitrogens with zero attached hydrogens (tertiary/aromatic N) is 4. The standard InChI is InChI=1S/C17H17F3N6S/c1-9-5-3-4-6-12(9)25-15(23-24-16(25)27)11-8-21-26-13(17(18,19)20)7-10(2)22-14(11)26/h3-6,8,10,13,22H,7H2,1-2H3,(H,24,27)/t10-,13-/m1/s1. The summed E-state index contributed by atoms with van der Waals surface area (Å²) in [5, 5.41) is 14.1. The number of aromatic amines is 1. The van der Waals surface area contributed by atoms with Crippen LogP contribution in [0.25, 0.3) is 17.1 Å². The van der Waals surface area contributed by atoms with E-state index in [1.54, 1.807) is 11.5 Å². The first-order chi connectivity index (χ1) is 12.8. The van der Waals surface area contributed by atoms with Crippen molar-refractivity contribution in [1.82, 2.24) is 24.5 Å². The quantitative estimate of drug-likeness (QED) is 0.632. The molecule has 1 aliphatic rings. The Bertz CT molecular complexity index is 1050. The normalized spacial score (nSPS) is 19.6. The van der Waals surface area contributed by atoms with Crippen molar-refractivity contribution in [2.75, 3.05) is 5.32 Å². The first kappa shape index (κ1) is 17.8. The Labute approximate surface area is 158 Å². The zero-order chi connectivity index (χ0) is 19.3. The zero-order valence-electron chi connectivity index (χ0n) is 14.6. The Morgan fingerprint density at radius 3 is 2.70 bits per heavy atom. The molecule has 1 aromatic carbocycles. The summed E-state index contributed by atoms with van der Waals surface area (Å²) >= 11 is 5.37. The van der Waals surface area contributed by atoms with Crippen LogP contribution in [0, 0.1) is 11.7 Å². The highest BCUT2D eigenvalue weighted by Crippen LogP contribution is 2.42. The highest BCUT2D eigenvalue weighted by Gasteiger charge is 2.46. The molecule has 142 valence electrons. The van der Waals surface area contributed by atoms with Crippen LogP contribution >= 0.6 is 12.2 Å². The van der Waals surface area contributed by atoms with Crippen molar-refractivity contribution in [1.29, 1.82) is 0 Å². The number of rotatable bonds is 2. The fourth-order valence-electron chi connectivity index (χ4n) is 3.42. The molecular formula is C17H17F3N6S. The molecule has 3 aromatic rings. The molecule has 0 fully saturated rings. The van der Waals surface area contributed by atoms with Crippen LogP contribution in [0.1, 0.15) is 24.9 Å². The summed E-state index contributed by atoms with van der Waals surface area (Å²) in [7, 11) is 0. The number of nitrogens with one attached hydrogen (secondary N) is 2. The van der Waals surface area contributed by atoms with Crippen molar-refractivity contribution in [2.24, 2.45) is 0 Å². The van der Waals surface area contributed by atoms with Gasteiger partial charge >= 0.3 is 6.18 Å². The zero-order valence-corrected chi connectivity index (χ0v) is 15.4. The summed E-state index contributed by atoms with van der Waals surface area (Å²) in [6.07, 6.45) is -3.06. The lowest BCUT2D eigenvalue weighted by atomic mass is 10.0. The van der Waals surface area contributed by atoms with E-state index in [-0.39, 0.29) is 12.5 Å². The molecule has 10 heteroatoms. The molecule has 0 spiro atoms. The third-order valence-electron chi connectivity index (χ3n) is 4.70. The smallest absolute Gasteiger partial charge is 0.367 e. The van der Waals surface area contributed by atoms with E-state index in [2.05, 4.69) is 20.6 Å². The van der Waals surface area contributed by atoms with Gasteiger partial charge in [-0.1, -0.05) is 18.2 Å². The number of anilines is 1. The number of benzene rings is 1. The van der Waals surface area contributed by atoms with Crippen LogP contribution in [-0.2, 0) is 0 Å². The number of hydrogen-bond acceptors (Lipinski definition) is 4. The third kappa shape index (κ3) is 2.93. The Morgan fingerprint density at radius 2 is 2.00 bits per heavy atom. The Hall–Kier alpha value is -2.62. The molecule has 2 aromatic heterocycles. The first-order valence-corrected chi connectivity index (χ1v) is 8.82. The maximum Gasteiger partial charge on any atom is 0.410 e. The second-order valence-electron chi connectivity index (χ2n) is 6.66. The third-order valence-corrected chi connectivity index (χ3v) is 4.97. The number of hydrogen-bond donors (Lipinski definition) is 2. The molecule has 3 heterocycles. The Kier molecular flexibility index (Phi) is 4.10. The van der Waals surface area contributed by atoms with Crippen LogP contribution < -0.4 is 5.32 Å². The Balaban J connectivity index is 1.90. The van der Waals surface area contributed by atoms with Crippen molar-refractivity contribution in [3.05, 3.63) is 40.8 Å². The topological polar surface area (TPSA) is 63.5 Å². The summed E-state index contributed by atoms with van der Waals surface area (Å²) in [4.78, 5) is 0. The van der Waals surface area contributed by atoms with E-state index >= 15 is 0 Å². The monoisotopic (exact) mass is 394 g/mol. The summed E-state index contributed by atoms with van der Waals surface area (Å²) < 4.78 is 43.5. The van der Waals surface area contributed by atoms with Gasteiger partial charge in [-0.15, -0.1) is 0 Å². The number of aryl methyl sites for hydroxylation is 1. The maximum atomic E-state index is 13.5.